The topological polar surface area (TPSA) is 63.7 Å². The molecule has 0 aliphatic carbocycles. The van der Waals surface area contributed by atoms with Gasteiger partial charge >= 0.3 is 5.97 Å². The number of amides is 2. The summed E-state index contributed by atoms with van der Waals surface area (Å²) in [6.45, 7) is 2.21. The van der Waals surface area contributed by atoms with Crippen LogP contribution < -0.4 is 0 Å². The molecule has 1 heterocycles. The maximum absolute atomic E-state index is 12.0. The van der Waals surface area contributed by atoms with Gasteiger partial charge < -0.3 is 4.74 Å². The molecule has 0 saturated heterocycles. The molecule has 0 aromatic heterocycles. The highest BCUT2D eigenvalue weighted by molar-refractivity contribution is 6.21. The lowest BCUT2D eigenvalue weighted by Gasteiger charge is -2.12. The molecular formula is C14H14NO4. The molecular weight excluding hydrogens is 246 g/mol. The first-order valence-corrected chi connectivity index (χ1v) is 6.10. The minimum Gasteiger partial charge on any atom is -0.466 e. The molecule has 1 aromatic carbocycles. The number of esters is 1. The van der Waals surface area contributed by atoms with Crippen molar-refractivity contribution in [3.8, 4) is 0 Å². The van der Waals surface area contributed by atoms with Crippen LogP contribution in [0.15, 0.2) is 24.3 Å². The van der Waals surface area contributed by atoms with Crippen molar-refractivity contribution in [2.24, 2.45) is 0 Å². The standard InChI is InChI=1S/C14H14NO4/c1-2-19-12(16)8-5-9-15-13(17)10-6-3-4-7-11(10)14(15)18/h3-4,6-8H,2,5,9H2,1H3. The first kappa shape index (κ1) is 13.3. The first-order chi connectivity index (χ1) is 9.15. The Morgan fingerprint density at radius 1 is 1.21 bits per heavy atom. The highest BCUT2D eigenvalue weighted by atomic mass is 16.5. The van der Waals surface area contributed by atoms with E-state index in [0.717, 1.165) is 4.90 Å². The van der Waals surface area contributed by atoms with Crippen LogP contribution in [0, 0.1) is 6.42 Å². The van der Waals surface area contributed by atoms with E-state index in [1.165, 1.54) is 6.42 Å². The maximum atomic E-state index is 12.0. The van der Waals surface area contributed by atoms with E-state index in [-0.39, 0.29) is 18.4 Å². The predicted octanol–water partition coefficient (Wildman–Crippen LogP) is 1.44. The lowest BCUT2D eigenvalue weighted by Crippen LogP contribution is -2.31. The lowest BCUT2D eigenvalue weighted by molar-refractivity contribution is -0.139. The van der Waals surface area contributed by atoms with Crippen molar-refractivity contribution in [3.63, 3.8) is 0 Å². The molecule has 2 amide bonds. The number of rotatable bonds is 5. The Morgan fingerprint density at radius 2 is 1.79 bits per heavy atom. The fraction of sp³-hybridized carbons (Fsp3) is 0.286. The van der Waals surface area contributed by atoms with Gasteiger partial charge in [0.15, 0.2) is 0 Å². The second-order valence-electron chi connectivity index (χ2n) is 4.05. The minimum atomic E-state index is -0.431. The van der Waals surface area contributed by atoms with E-state index in [4.69, 9.17) is 4.74 Å². The molecule has 19 heavy (non-hydrogen) atoms. The molecule has 0 unspecified atom stereocenters. The van der Waals surface area contributed by atoms with Gasteiger partial charge in [-0.3, -0.25) is 19.3 Å². The number of ether oxygens (including phenoxy) is 1. The number of nitrogens with zero attached hydrogens (tertiary/aromatic N) is 1. The monoisotopic (exact) mass is 260 g/mol. The maximum Gasteiger partial charge on any atom is 0.309 e. The zero-order valence-electron chi connectivity index (χ0n) is 10.6. The van der Waals surface area contributed by atoms with Gasteiger partial charge in [-0.05, 0) is 25.5 Å². The Balaban J connectivity index is 1.95. The second-order valence-corrected chi connectivity index (χ2v) is 4.05. The van der Waals surface area contributed by atoms with Crippen LogP contribution in [0.3, 0.4) is 0 Å². The Hall–Kier alpha value is -2.17. The van der Waals surface area contributed by atoms with Crippen molar-refractivity contribution in [1.82, 2.24) is 4.90 Å². The van der Waals surface area contributed by atoms with E-state index in [2.05, 4.69) is 0 Å². The quantitative estimate of drug-likeness (QED) is 0.593. The van der Waals surface area contributed by atoms with Crippen LogP contribution in [0.4, 0.5) is 0 Å². The van der Waals surface area contributed by atoms with Crippen molar-refractivity contribution in [1.29, 1.82) is 0 Å². The fourth-order valence-electron chi connectivity index (χ4n) is 1.95. The molecule has 0 saturated carbocycles. The van der Waals surface area contributed by atoms with Gasteiger partial charge in [0, 0.05) is 6.54 Å². The van der Waals surface area contributed by atoms with Gasteiger partial charge in [-0.15, -0.1) is 0 Å². The van der Waals surface area contributed by atoms with Crippen LogP contribution in [0.25, 0.3) is 0 Å². The summed E-state index contributed by atoms with van der Waals surface area (Å²) >= 11 is 0. The third kappa shape index (κ3) is 2.65. The van der Waals surface area contributed by atoms with E-state index in [1.54, 1.807) is 31.2 Å². The summed E-state index contributed by atoms with van der Waals surface area (Å²) in [7, 11) is 0. The van der Waals surface area contributed by atoms with Gasteiger partial charge in [0.1, 0.15) is 0 Å². The Labute approximate surface area is 111 Å². The SMILES string of the molecule is CCOC(=O)[CH]CCN1C(=O)c2ccccc2C1=O. The highest BCUT2D eigenvalue weighted by Gasteiger charge is 2.34. The third-order valence-electron chi connectivity index (χ3n) is 2.83. The summed E-state index contributed by atoms with van der Waals surface area (Å²) in [6.07, 6.45) is 1.64. The molecule has 0 bridgehead atoms. The van der Waals surface area contributed by atoms with Gasteiger partial charge in [0.2, 0.25) is 0 Å². The van der Waals surface area contributed by atoms with Crippen LogP contribution in [0.2, 0.25) is 0 Å². The number of benzene rings is 1. The number of hydrogen-bond donors (Lipinski definition) is 0. The summed E-state index contributed by atoms with van der Waals surface area (Å²) < 4.78 is 4.74. The molecule has 0 N–H and O–H groups in total. The number of fused-ring (bicyclic) bond motifs is 1. The van der Waals surface area contributed by atoms with Gasteiger partial charge in [0.25, 0.3) is 11.8 Å². The largest absolute Gasteiger partial charge is 0.466 e. The van der Waals surface area contributed by atoms with Crippen molar-refractivity contribution >= 4 is 17.8 Å². The van der Waals surface area contributed by atoms with Crippen molar-refractivity contribution in [2.75, 3.05) is 13.2 Å². The molecule has 0 atom stereocenters. The van der Waals surface area contributed by atoms with Gasteiger partial charge in [-0.1, -0.05) is 12.1 Å². The Bertz CT molecular complexity index is 489. The van der Waals surface area contributed by atoms with Crippen LogP contribution in [-0.4, -0.2) is 35.8 Å². The predicted molar refractivity (Wildman–Crippen MR) is 67.4 cm³/mol. The number of carbonyl (C=O) groups is 3. The van der Waals surface area contributed by atoms with Gasteiger partial charge in [-0.2, -0.15) is 0 Å². The van der Waals surface area contributed by atoms with Gasteiger partial charge in [-0.25, -0.2) is 0 Å². The highest BCUT2D eigenvalue weighted by Crippen LogP contribution is 2.22. The molecule has 99 valence electrons. The smallest absolute Gasteiger partial charge is 0.309 e. The van der Waals surface area contributed by atoms with Crippen LogP contribution in [0.5, 0.6) is 0 Å². The normalized spacial score (nSPS) is 13.6. The molecule has 0 spiro atoms. The van der Waals surface area contributed by atoms with Crippen molar-refractivity contribution in [3.05, 3.63) is 41.8 Å². The molecule has 5 heteroatoms. The molecule has 1 aromatic rings. The summed E-state index contributed by atoms with van der Waals surface area (Å²) in [4.78, 5) is 36.3. The van der Waals surface area contributed by atoms with Crippen LogP contribution in [-0.2, 0) is 9.53 Å². The Morgan fingerprint density at radius 3 is 2.32 bits per heavy atom. The summed E-state index contributed by atoms with van der Waals surface area (Å²) in [5.41, 5.74) is 0.840. The summed E-state index contributed by atoms with van der Waals surface area (Å²) in [6, 6.07) is 6.70. The molecule has 1 radical (unpaired) electrons. The number of hydrogen-bond acceptors (Lipinski definition) is 4. The van der Waals surface area contributed by atoms with Crippen molar-refractivity contribution in [2.45, 2.75) is 13.3 Å². The summed E-state index contributed by atoms with van der Waals surface area (Å²) in [5.74, 6) is -1.05. The fourth-order valence-corrected chi connectivity index (χ4v) is 1.95. The molecule has 5 nitrogen and oxygen atoms in total. The first-order valence-electron chi connectivity index (χ1n) is 6.10. The number of carbonyl (C=O) groups excluding carboxylic acids is 3. The van der Waals surface area contributed by atoms with Crippen LogP contribution >= 0.6 is 0 Å². The van der Waals surface area contributed by atoms with E-state index in [0.29, 0.717) is 24.2 Å². The Kier molecular flexibility index (Phi) is 3.94. The minimum absolute atomic E-state index is 0.186. The average molecular weight is 260 g/mol. The van der Waals surface area contributed by atoms with Crippen LogP contribution in [0.1, 0.15) is 34.1 Å². The molecule has 1 aliphatic rings. The summed E-state index contributed by atoms with van der Waals surface area (Å²) in [5, 5.41) is 0. The zero-order valence-corrected chi connectivity index (χ0v) is 10.6. The van der Waals surface area contributed by atoms with E-state index < -0.39 is 5.97 Å². The zero-order chi connectivity index (χ0) is 13.8. The van der Waals surface area contributed by atoms with E-state index >= 15 is 0 Å². The molecule has 0 fully saturated rings. The second kappa shape index (κ2) is 5.65. The lowest BCUT2D eigenvalue weighted by atomic mass is 10.1. The third-order valence-corrected chi connectivity index (χ3v) is 2.83. The number of imide groups is 1. The molecule has 1 aliphatic heterocycles. The average Bonchev–Trinajstić information content (AvgIpc) is 2.65. The van der Waals surface area contributed by atoms with Gasteiger partial charge in [0.05, 0.1) is 24.2 Å². The molecule has 2 rings (SSSR count). The van der Waals surface area contributed by atoms with Crippen molar-refractivity contribution < 1.29 is 19.1 Å². The van der Waals surface area contributed by atoms with E-state index in [9.17, 15) is 14.4 Å². The van der Waals surface area contributed by atoms with E-state index in [1.807, 2.05) is 0 Å².